The van der Waals surface area contributed by atoms with Gasteiger partial charge in [-0.25, -0.2) is 0 Å². The minimum atomic E-state index is -0.496. The van der Waals surface area contributed by atoms with Crippen LogP contribution < -0.4 is 5.32 Å². The molecule has 2 aromatic rings. The number of rotatable bonds is 6. The van der Waals surface area contributed by atoms with Crippen molar-refractivity contribution in [3.63, 3.8) is 0 Å². The van der Waals surface area contributed by atoms with Gasteiger partial charge in [0.15, 0.2) is 0 Å². The molecule has 2 atom stereocenters. The lowest BCUT2D eigenvalue weighted by Crippen LogP contribution is -2.26. The molecule has 0 bridgehead atoms. The Balaban J connectivity index is 1.97. The van der Waals surface area contributed by atoms with Crippen LogP contribution in [0.2, 0.25) is 5.02 Å². The summed E-state index contributed by atoms with van der Waals surface area (Å²) in [5.74, 6) is 0. The zero-order chi connectivity index (χ0) is 14.4. The second-order valence-electron chi connectivity index (χ2n) is 4.85. The molecule has 0 aliphatic heterocycles. The van der Waals surface area contributed by atoms with Crippen molar-refractivity contribution in [2.24, 2.45) is 0 Å². The summed E-state index contributed by atoms with van der Waals surface area (Å²) in [7, 11) is 0. The van der Waals surface area contributed by atoms with Gasteiger partial charge in [-0.1, -0.05) is 61.0 Å². The number of hydrogen-bond acceptors (Lipinski definition) is 2. The van der Waals surface area contributed by atoms with Gasteiger partial charge in [0.2, 0.25) is 0 Å². The monoisotopic (exact) mass is 289 g/mol. The fourth-order valence-corrected chi connectivity index (χ4v) is 2.47. The third kappa shape index (κ3) is 4.07. The summed E-state index contributed by atoms with van der Waals surface area (Å²) >= 11 is 6.03. The number of benzene rings is 2. The fraction of sp³-hybridized carbons (Fsp3) is 0.294. The average molecular weight is 290 g/mol. The van der Waals surface area contributed by atoms with E-state index >= 15 is 0 Å². The smallest absolute Gasteiger partial charge is 0.0914 e. The van der Waals surface area contributed by atoms with Crippen molar-refractivity contribution < 1.29 is 5.11 Å². The van der Waals surface area contributed by atoms with Crippen LogP contribution in [0.4, 0.5) is 0 Å². The van der Waals surface area contributed by atoms with Gasteiger partial charge in [0.25, 0.3) is 0 Å². The molecule has 0 radical (unpaired) electrons. The predicted molar refractivity (Wildman–Crippen MR) is 83.9 cm³/mol. The summed E-state index contributed by atoms with van der Waals surface area (Å²) in [6, 6.07) is 17.8. The van der Waals surface area contributed by atoms with Crippen molar-refractivity contribution in [2.45, 2.75) is 25.5 Å². The summed E-state index contributed by atoms with van der Waals surface area (Å²) in [5, 5.41) is 14.3. The highest BCUT2D eigenvalue weighted by molar-refractivity contribution is 6.30. The van der Waals surface area contributed by atoms with Crippen LogP contribution in [-0.2, 0) is 0 Å². The van der Waals surface area contributed by atoms with Gasteiger partial charge in [-0.15, -0.1) is 0 Å². The molecule has 106 valence electrons. The molecule has 0 amide bonds. The quantitative estimate of drug-likeness (QED) is 0.838. The second-order valence-corrected chi connectivity index (χ2v) is 5.29. The van der Waals surface area contributed by atoms with Gasteiger partial charge in [0.1, 0.15) is 0 Å². The normalized spacial score (nSPS) is 13.9. The Morgan fingerprint density at radius 1 is 1.05 bits per heavy atom. The fourth-order valence-electron chi connectivity index (χ4n) is 2.27. The van der Waals surface area contributed by atoms with Crippen LogP contribution in [0.3, 0.4) is 0 Å². The minimum absolute atomic E-state index is 0.201. The predicted octanol–water partition coefficient (Wildman–Crippen LogP) is 4.11. The summed E-state index contributed by atoms with van der Waals surface area (Å²) in [4.78, 5) is 0. The van der Waals surface area contributed by atoms with E-state index in [9.17, 15) is 5.11 Å². The Morgan fingerprint density at radius 2 is 1.75 bits per heavy atom. The topological polar surface area (TPSA) is 32.3 Å². The SMILES string of the molecule is CCC(NCC(O)c1ccccc1)c1cccc(Cl)c1. The van der Waals surface area contributed by atoms with E-state index in [0.717, 1.165) is 22.6 Å². The third-order valence-electron chi connectivity index (χ3n) is 3.40. The van der Waals surface area contributed by atoms with Crippen molar-refractivity contribution >= 4 is 11.6 Å². The molecule has 2 N–H and O–H groups in total. The summed E-state index contributed by atoms with van der Waals surface area (Å²) < 4.78 is 0. The molecule has 0 aliphatic rings. The maximum absolute atomic E-state index is 10.2. The highest BCUT2D eigenvalue weighted by atomic mass is 35.5. The van der Waals surface area contributed by atoms with Crippen molar-refractivity contribution in [2.75, 3.05) is 6.54 Å². The lowest BCUT2D eigenvalue weighted by atomic mass is 10.0. The van der Waals surface area contributed by atoms with Gasteiger partial charge < -0.3 is 10.4 Å². The first-order valence-electron chi connectivity index (χ1n) is 6.92. The molecule has 2 rings (SSSR count). The maximum Gasteiger partial charge on any atom is 0.0914 e. The molecule has 0 aliphatic carbocycles. The number of nitrogens with one attached hydrogen (secondary N) is 1. The van der Waals surface area contributed by atoms with E-state index < -0.39 is 6.10 Å². The largest absolute Gasteiger partial charge is 0.387 e. The zero-order valence-electron chi connectivity index (χ0n) is 11.6. The molecule has 0 saturated heterocycles. The molecule has 2 aromatic carbocycles. The van der Waals surface area contributed by atoms with E-state index in [1.54, 1.807) is 0 Å². The Bertz CT molecular complexity index is 530. The van der Waals surface area contributed by atoms with Gasteiger partial charge in [0, 0.05) is 17.6 Å². The zero-order valence-corrected chi connectivity index (χ0v) is 12.3. The maximum atomic E-state index is 10.2. The van der Waals surface area contributed by atoms with Crippen LogP contribution in [0.15, 0.2) is 54.6 Å². The second kappa shape index (κ2) is 7.44. The van der Waals surface area contributed by atoms with Gasteiger partial charge in [-0.05, 0) is 29.7 Å². The molecular formula is C17H20ClNO. The van der Waals surface area contributed by atoms with Gasteiger partial charge in [-0.2, -0.15) is 0 Å². The number of aliphatic hydroxyl groups excluding tert-OH is 1. The molecule has 0 aromatic heterocycles. The Labute approximate surface area is 125 Å². The van der Waals surface area contributed by atoms with Gasteiger partial charge in [-0.3, -0.25) is 0 Å². The number of hydrogen-bond donors (Lipinski definition) is 2. The Hall–Kier alpha value is -1.35. The highest BCUT2D eigenvalue weighted by Gasteiger charge is 2.12. The number of aliphatic hydroxyl groups is 1. The highest BCUT2D eigenvalue weighted by Crippen LogP contribution is 2.21. The van der Waals surface area contributed by atoms with Crippen molar-refractivity contribution in [1.82, 2.24) is 5.32 Å². The van der Waals surface area contributed by atoms with E-state index in [1.165, 1.54) is 0 Å². The van der Waals surface area contributed by atoms with Crippen LogP contribution in [0.5, 0.6) is 0 Å². The van der Waals surface area contributed by atoms with Gasteiger partial charge >= 0.3 is 0 Å². The number of halogens is 1. The molecular weight excluding hydrogens is 270 g/mol. The molecule has 0 spiro atoms. The molecule has 0 heterocycles. The van der Waals surface area contributed by atoms with Crippen molar-refractivity contribution in [3.05, 3.63) is 70.7 Å². The van der Waals surface area contributed by atoms with E-state index in [4.69, 9.17) is 11.6 Å². The Morgan fingerprint density at radius 3 is 2.40 bits per heavy atom. The summed E-state index contributed by atoms with van der Waals surface area (Å²) in [6.07, 6.45) is 0.450. The average Bonchev–Trinajstić information content (AvgIpc) is 2.48. The molecule has 0 fully saturated rings. The third-order valence-corrected chi connectivity index (χ3v) is 3.64. The Kier molecular flexibility index (Phi) is 5.60. The standard InChI is InChI=1S/C17H20ClNO/c1-2-16(14-9-6-10-15(18)11-14)19-12-17(20)13-7-4-3-5-8-13/h3-11,16-17,19-20H,2,12H2,1H3. The lowest BCUT2D eigenvalue weighted by Gasteiger charge is -2.20. The van der Waals surface area contributed by atoms with Crippen LogP contribution in [-0.4, -0.2) is 11.7 Å². The molecule has 20 heavy (non-hydrogen) atoms. The first kappa shape index (κ1) is 15.0. The lowest BCUT2D eigenvalue weighted by molar-refractivity contribution is 0.169. The van der Waals surface area contributed by atoms with Crippen LogP contribution in [0.25, 0.3) is 0 Å². The molecule has 2 nitrogen and oxygen atoms in total. The molecule has 2 unspecified atom stereocenters. The van der Waals surface area contributed by atoms with Gasteiger partial charge in [0.05, 0.1) is 6.10 Å². The summed E-state index contributed by atoms with van der Waals surface area (Å²) in [6.45, 7) is 2.64. The van der Waals surface area contributed by atoms with E-state index in [-0.39, 0.29) is 6.04 Å². The van der Waals surface area contributed by atoms with Crippen LogP contribution in [0, 0.1) is 0 Å². The first-order valence-corrected chi connectivity index (χ1v) is 7.30. The van der Waals surface area contributed by atoms with Crippen LogP contribution in [0.1, 0.15) is 36.6 Å². The summed E-state index contributed by atoms with van der Waals surface area (Å²) in [5.41, 5.74) is 2.08. The molecule has 0 saturated carbocycles. The van der Waals surface area contributed by atoms with Crippen molar-refractivity contribution in [3.8, 4) is 0 Å². The molecule has 3 heteroatoms. The van der Waals surface area contributed by atoms with E-state index in [0.29, 0.717) is 6.54 Å². The minimum Gasteiger partial charge on any atom is -0.387 e. The van der Waals surface area contributed by atoms with E-state index in [1.807, 2.05) is 48.5 Å². The van der Waals surface area contributed by atoms with Crippen LogP contribution >= 0.6 is 11.6 Å². The van der Waals surface area contributed by atoms with Crippen molar-refractivity contribution in [1.29, 1.82) is 0 Å². The first-order chi connectivity index (χ1) is 9.70. The van der Waals surface area contributed by atoms with E-state index in [2.05, 4.69) is 18.3 Å².